The Morgan fingerprint density at radius 1 is 1.36 bits per heavy atom. The third-order valence-corrected chi connectivity index (χ3v) is 6.30. The van der Waals surface area contributed by atoms with Gasteiger partial charge in [0.25, 0.3) is 0 Å². The van der Waals surface area contributed by atoms with Gasteiger partial charge >= 0.3 is 5.97 Å². The molecule has 1 aliphatic rings. The fourth-order valence-corrected chi connectivity index (χ4v) is 4.73. The molecule has 0 fully saturated rings. The first-order chi connectivity index (χ1) is 10.5. The summed E-state index contributed by atoms with van der Waals surface area (Å²) in [6.07, 6.45) is 3.92. The molecular weight excluding hydrogens is 343 g/mol. The number of benzene rings is 1. The Labute approximate surface area is 142 Å². The number of rotatable bonds is 4. The Morgan fingerprint density at radius 3 is 2.77 bits per heavy atom. The summed E-state index contributed by atoms with van der Waals surface area (Å²) < 4.78 is 6.57. The van der Waals surface area contributed by atoms with Crippen LogP contribution in [-0.4, -0.2) is 17.2 Å². The SMILES string of the molecule is CCC(Oc1cc2c3c(sc2c(Cl)c1Cl)CCCC3)C(=O)O. The Balaban J connectivity index is 2.11. The van der Waals surface area contributed by atoms with Crippen molar-refractivity contribution in [1.82, 2.24) is 0 Å². The molecule has 1 unspecified atom stereocenters. The Hall–Kier alpha value is -0.970. The van der Waals surface area contributed by atoms with Gasteiger partial charge in [0.15, 0.2) is 6.10 Å². The molecule has 1 aliphatic carbocycles. The molecule has 118 valence electrons. The molecule has 0 saturated heterocycles. The molecule has 1 atom stereocenters. The lowest BCUT2D eigenvalue weighted by Gasteiger charge is -2.16. The third kappa shape index (κ3) is 2.68. The molecular formula is C16H16Cl2O3S. The van der Waals surface area contributed by atoms with Crippen molar-refractivity contribution in [2.24, 2.45) is 0 Å². The summed E-state index contributed by atoms with van der Waals surface area (Å²) in [6.45, 7) is 1.76. The van der Waals surface area contributed by atoms with Crippen molar-refractivity contribution in [3.05, 3.63) is 26.6 Å². The minimum absolute atomic E-state index is 0.299. The molecule has 1 aromatic carbocycles. The van der Waals surface area contributed by atoms with Crippen molar-refractivity contribution >= 4 is 50.6 Å². The lowest BCUT2D eigenvalue weighted by molar-refractivity contribution is -0.145. The minimum Gasteiger partial charge on any atom is -0.479 e. The smallest absolute Gasteiger partial charge is 0.344 e. The summed E-state index contributed by atoms with van der Waals surface area (Å²) in [5.74, 6) is -0.637. The van der Waals surface area contributed by atoms with Crippen LogP contribution in [0.3, 0.4) is 0 Å². The fraction of sp³-hybridized carbons (Fsp3) is 0.438. The van der Waals surface area contributed by atoms with Gasteiger partial charge in [-0.25, -0.2) is 4.79 Å². The van der Waals surface area contributed by atoms with E-state index in [1.54, 1.807) is 18.3 Å². The van der Waals surface area contributed by atoms with Crippen LogP contribution in [0.1, 0.15) is 36.6 Å². The Morgan fingerprint density at radius 2 is 2.09 bits per heavy atom. The highest BCUT2D eigenvalue weighted by Gasteiger charge is 2.24. The highest BCUT2D eigenvalue weighted by atomic mass is 35.5. The maximum Gasteiger partial charge on any atom is 0.344 e. The van der Waals surface area contributed by atoms with Gasteiger partial charge in [0.1, 0.15) is 10.8 Å². The lowest BCUT2D eigenvalue weighted by Crippen LogP contribution is -2.26. The number of carbonyl (C=O) groups is 1. The number of fused-ring (bicyclic) bond motifs is 3. The number of carboxylic acids is 1. The van der Waals surface area contributed by atoms with Gasteiger partial charge in [-0.2, -0.15) is 0 Å². The number of hydrogen-bond donors (Lipinski definition) is 1. The number of carboxylic acid groups (broad SMARTS) is 1. The molecule has 0 aliphatic heterocycles. The second kappa shape index (κ2) is 6.26. The standard InChI is InChI=1S/C16H16Cl2O3S/c1-2-10(16(19)20)21-11-7-9-8-5-3-4-6-12(8)22-15(9)14(18)13(11)17/h7,10H,2-6H2,1H3,(H,19,20). The quantitative estimate of drug-likeness (QED) is 0.803. The van der Waals surface area contributed by atoms with Crippen molar-refractivity contribution < 1.29 is 14.6 Å². The third-order valence-electron chi connectivity index (χ3n) is 4.01. The van der Waals surface area contributed by atoms with Crippen LogP contribution in [0.15, 0.2) is 6.07 Å². The van der Waals surface area contributed by atoms with Crippen LogP contribution >= 0.6 is 34.5 Å². The number of aryl methyl sites for hydroxylation is 2. The zero-order valence-corrected chi connectivity index (χ0v) is 14.4. The molecule has 1 N–H and O–H groups in total. The molecule has 1 aromatic heterocycles. The van der Waals surface area contributed by atoms with Crippen molar-refractivity contribution in [1.29, 1.82) is 0 Å². The Kier molecular flexibility index (Phi) is 4.53. The van der Waals surface area contributed by atoms with E-state index in [-0.39, 0.29) is 0 Å². The summed E-state index contributed by atoms with van der Waals surface area (Å²) in [5.41, 5.74) is 1.32. The van der Waals surface area contributed by atoms with Crippen LogP contribution in [0.5, 0.6) is 5.75 Å². The molecule has 6 heteroatoms. The van der Waals surface area contributed by atoms with Gasteiger partial charge in [0, 0.05) is 10.3 Å². The van der Waals surface area contributed by atoms with Crippen LogP contribution in [-0.2, 0) is 17.6 Å². The van der Waals surface area contributed by atoms with Crippen LogP contribution in [0.4, 0.5) is 0 Å². The summed E-state index contributed by atoms with van der Waals surface area (Å²) in [4.78, 5) is 12.5. The predicted octanol–water partition coefficient (Wildman–Crippen LogP) is 5.33. The summed E-state index contributed by atoms with van der Waals surface area (Å²) in [5, 5.41) is 11.0. The second-order valence-electron chi connectivity index (χ2n) is 5.44. The summed E-state index contributed by atoms with van der Waals surface area (Å²) in [7, 11) is 0. The number of ether oxygens (including phenoxy) is 1. The van der Waals surface area contributed by atoms with E-state index >= 15 is 0 Å². The van der Waals surface area contributed by atoms with Crippen LogP contribution in [0.2, 0.25) is 10.0 Å². The van der Waals surface area contributed by atoms with E-state index in [1.807, 2.05) is 6.07 Å². The zero-order valence-electron chi connectivity index (χ0n) is 12.1. The molecule has 1 heterocycles. The van der Waals surface area contributed by atoms with Crippen molar-refractivity contribution in [3.8, 4) is 5.75 Å². The van der Waals surface area contributed by atoms with E-state index in [9.17, 15) is 4.79 Å². The maximum atomic E-state index is 11.2. The lowest BCUT2D eigenvalue weighted by atomic mass is 9.96. The number of hydrogen-bond acceptors (Lipinski definition) is 3. The van der Waals surface area contributed by atoms with Gasteiger partial charge in [-0.15, -0.1) is 11.3 Å². The van der Waals surface area contributed by atoms with E-state index in [0.29, 0.717) is 22.2 Å². The first-order valence-electron chi connectivity index (χ1n) is 7.34. The molecule has 3 nitrogen and oxygen atoms in total. The summed E-state index contributed by atoms with van der Waals surface area (Å²) in [6, 6.07) is 1.86. The van der Waals surface area contributed by atoms with Gasteiger partial charge in [0.05, 0.1) is 9.72 Å². The number of halogens is 2. The minimum atomic E-state index is -0.998. The molecule has 0 saturated carbocycles. The number of thiophene rings is 1. The topological polar surface area (TPSA) is 46.5 Å². The van der Waals surface area contributed by atoms with Crippen LogP contribution in [0, 0.1) is 0 Å². The van der Waals surface area contributed by atoms with Gasteiger partial charge in [-0.3, -0.25) is 0 Å². The van der Waals surface area contributed by atoms with Gasteiger partial charge < -0.3 is 9.84 Å². The molecule has 0 amide bonds. The molecule has 3 rings (SSSR count). The molecule has 2 aromatic rings. The predicted molar refractivity (Wildman–Crippen MR) is 90.8 cm³/mol. The van der Waals surface area contributed by atoms with Crippen molar-refractivity contribution in [2.45, 2.75) is 45.1 Å². The fourth-order valence-electron chi connectivity index (χ4n) is 2.86. The molecule has 0 bridgehead atoms. The molecule has 22 heavy (non-hydrogen) atoms. The van der Waals surface area contributed by atoms with Crippen LogP contribution < -0.4 is 4.74 Å². The van der Waals surface area contributed by atoms with Crippen LogP contribution in [0.25, 0.3) is 10.1 Å². The largest absolute Gasteiger partial charge is 0.479 e. The van der Waals surface area contributed by atoms with Gasteiger partial charge in [-0.1, -0.05) is 30.1 Å². The van der Waals surface area contributed by atoms with E-state index in [4.69, 9.17) is 33.0 Å². The maximum absolute atomic E-state index is 11.2. The zero-order chi connectivity index (χ0) is 15.9. The first-order valence-corrected chi connectivity index (χ1v) is 8.91. The summed E-state index contributed by atoms with van der Waals surface area (Å²) >= 11 is 14.4. The van der Waals surface area contributed by atoms with E-state index in [1.165, 1.54) is 23.3 Å². The molecule has 0 radical (unpaired) electrons. The highest BCUT2D eigenvalue weighted by molar-refractivity contribution is 7.20. The normalized spacial score (nSPS) is 15.6. The average Bonchev–Trinajstić information content (AvgIpc) is 2.88. The average molecular weight is 359 g/mol. The van der Waals surface area contributed by atoms with Gasteiger partial charge in [0.2, 0.25) is 0 Å². The first kappa shape index (κ1) is 15.9. The second-order valence-corrected chi connectivity index (χ2v) is 7.30. The Bertz CT molecular complexity index is 739. The van der Waals surface area contributed by atoms with E-state index in [0.717, 1.165) is 22.9 Å². The van der Waals surface area contributed by atoms with E-state index < -0.39 is 12.1 Å². The van der Waals surface area contributed by atoms with E-state index in [2.05, 4.69) is 0 Å². The van der Waals surface area contributed by atoms with Gasteiger partial charge in [-0.05, 0) is 43.7 Å². The molecule has 0 spiro atoms. The monoisotopic (exact) mass is 358 g/mol. The van der Waals surface area contributed by atoms with Crippen molar-refractivity contribution in [3.63, 3.8) is 0 Å². The highest BCUT2D eigenvalue weighted by Crippen LogP contribution is 2.46. The van der Waals surface area contributed by atoms with Crippen molar-refractivity contribution in [2.75, 3.05) is 0 Å². The number of aliphatic carboxylic acids is 1.